The fourth-order valence-corrected chi connectivity index (χ4v) is 2.13. The van der Waals surface area contributed by atoms with Crippen LogP contribution in [0.15, 0.2) is 48.5 Å². The van der Waals surface area contributed by atoms with Gasteiger partial charge in [0.15, 0.2) is 0 Å². The lowest BCUT2D eigenvalue weighted by Crippen LogP contribution is -2.39. The Labute approximate surface area is 117 Å². The summed E-state index contributed by atoms with van der Waals surface area (Å²) < 4.78 is 26.1. The normalized spacial score (nSPS) is 11.6. The van der Waals surface area contributed by atoms with Crippen LogP contribution in [0, 0.1) is 11.6 Å². The largest absolute Gasteiger partial charge is 0.379 e. The standard InChI is InChI=1S/C16H17F2NO/c1-2-19-11-16(20,12-3-7-14(17)8-4-12)13-5-9-15(18)10-6-13/h3-10,19-20H,2,11H2,1H3. The maximum Gasteiger partial charge on any atom is 0.127 e. The third-order valence-corrected chi connectivity index (χ3v) is 3.27. The summed E-state index contributed by atoms with van der Waals surface area (Å²) in [4.78, 5) is 0. The van der Waals surface area contributed by atoms with E-state index >= 15 is 0 Å². The van der Waals surface area contributed by atoms with Gasteiger partial charge in [0.1, 0.15) is 17.2 Å². The summed E-state index contributed by atoms with van der Waals surface area (Å²) >= 11 is 0. The highest BCUT2D eigenvalue weighted by molar-refractivity contribution is 5.36. The van der Waals surface area contributed by atoms with Crippen LogP contribution in [0.5, 0.6) is 0 Å². The van der Waals surface area contributed by atoms with Gasteiger partial charge in [-0.25, -0.2) is 8.78 Å². The Hall–Kier alpha value is -1.78. The van der Waals surface area contributed by atoms with E-state index in [0.29, 0.717) is 17.7 Å². The fraction of sp³-hybridized carbons (Fsp3) is 0.250. The molecule has 0 saturated heterocycles. The minimum atomic E-state index is -1.32. The maximum absolute atomic E-state index is 13.0. The van der Waals surface area contributed by atoms with Crippen molar-refractivity contribution in [2.75, 3.05) is 13.1 Å². The Morgan fingerprint density at radius 2 is 1.30 bits per heavy atom. The van der Waals surface area contributed by atoms with Crippen molar-refractivity contribution in [1.29, 1.82) is 0 Å². The molecule has 0 heterocycles. The van der Waals surface area contributed by atoms with Gasteiger partial charge in [0.05, 0.1) is 0 Å². The molecule has 0 aliphatic heterocycles. The number of nitrogens with one attached hydrogen (secondary N) is 1. The highest BCUT2D eigenvalue weighted by Crippen LogP contribution is 2.29. The zero-order chi connectivity index (χ0) is 14.6. The summed E-state index contributed by atoms with van der Waals surface area (Å²) in [6.45, 7) is 2.88. The van der Waals surface area contributed by atoms with Crippen LogP contribution in [0.4, 0.5) is 8.78 Å². The number of halogens is 2. The second-order valence-electron chi connectivity index (χ2n) is 4.65. The molecule has 2 nitrogen and oxygen atoms in total. The maximum atomic E-state index is 13.0. The second-order valence-corrected chi connectivity index (χ2v) is 4.65. The first-order valence-corrected chi connectivity index (χ1v) is 6.51. The van der Waals surface area contributed by atoms with Crippen LogP contribution in [-0.4, -0.2) is 18.2 Å². The van der Waals surface area contributed by atoms with Crippen molar-refractivity contribution in [3.8, 4) is 0 Å². The van der Waals surface area contributed by atoms with Crippen LogP contribution in [0.25, 0.3) is 0 Å². The van der Waals surface area contributed by atoms with E-state index < -0.39 is 5.60 Å². The molecule has 2 N–H and O–H groups in total. The van der Waals surface area contributed by atoms with Gasteiger partial charge < -0.3 is 10.4 Å². The summed E-state index contributed by atoms with van der Waals surface area (Å²) in [6, 6.07) is 11.4. The molecule has 0 radical (unpaired) electrons. The minimum absolute atomic E-state index is 0.265. The lowest BCUT2D eigenvalue weighted by atomic mass is 9.86. The molecule has 20 heavy (non-hydrogen) atoms. The summed E-state index contributed by atoms with van der Waals surface area (Å²) in [7, 11) is 0. The summed E-state index contributed by atoms with van der Waals surface area (Å²) in [5, 5.41) is 14.0. The molecule has 0 bridgehead atoms. The highest BCUT2D eigenvalue weighted by atomic mass is 19.1. The van der Waals surface area contributed by atoms with Gasteiger partial charge in [-0.1, -0.05) is 31.2 Å². The first-order valence-electron chi connectivity index (χ1n) is 6.51. The van der Waals surface area contributed by atoms with E-state index in [-0.39, 0.29) is 18.2 Å². The Morgan fingerprint density at radius 3 is 1.65 bits per heavy atom. The van der Waals surface area contributed by atoms with Gasteiger partial charge in [0.2, 0.25) is 0 Å². The van der Waals surface area contributed by atoms with Crippen molar-refractivity contribution in [2.24, 2.45) is 0 Å². The van der Waals surface area contributed by atoms with Gasteiger partial charge in [-0.05, 0) is 41.9 Å². The van der Waals surface area contributed by atoms with E-state index in [1.165, 1.54) is 48.5 Å². The third kappa shape index (κ3) is 3.03. The smallest absolute Gasteiger partial charge is 0.127 e. The first kappa shape index (κ1) is 14.6. The lowest BCUT2D eigenvalue weighted by Gasteiger charge is -2.29. The van der Waals surface area contributed by atoms with E-state index in [4.69, 9.17) is 0 Å². The summed E-state index contributed by atoms with van der Waals surface area (Å²) in [6.07, 6.45) is 0. The number of hydrogen-bond donors (Lipinski definition) is 2. The minimum Gasteiger partial charge on any atom is -0.379 e. The topological polar surface area (TPSA) is 32.3 Å². The molecule has 106 valence electrons. The molecule has 4 heteroatoms. The number of hydrogen-bond acceptors (Lipinski definition) is 2. The van der Waals surface area contributed by atoms with E-state index in [2.05, 4.69) is 5.32 Å². The molecule has 2 aromatic carbocycles. The van der Waals surface area contributed by atoms with Crippen LogP contribution in [0.2, 0.25) is 0 Å². The Kier molecular flexibility index (Phi) is 4.47. The summed E-state index contributed by atoms with van der Waals surface area (Å²) in [5.74, 6) is -0.725. The molecular formula is C16H17F2NO. The van der Waals surface area contributed by atoms with Gasteiger partial charge in [-0.2, -0.15) is 0 Å². The highest BCUT2D eigenvalue weighted by Gasteiger charge is 2.31. The zero-order valence-electron chi connectivity index (χ0n) is 11.2. The molecule has 0 fully saturated rings. The number of aliphatic hydroxyl groups is 1. The molecule has 0 aliphatic carbocycles. The third-order valence-electron chi connectivity index (χ3n) is 3.27. The molecule has 0 spiro atoms. The van der Waals surface area contributed by atoms with Gasteiger partial charge >= 0.3 is 0 Å². The molecule has 0 aromatic heterocycles. The van der Waals surface area contributed by atoms with Crippen molar-refractivity contribution in [1.82, 2.24) is 5.32 Å². The van der Waals surface area contributed by atoms with Gasteiger partial charge in [0, 0.05) is 6.54 Å². The van der Waals surface area contributed by atoms with Crippen molar-refractivity contribution < 1.29 is 13.9 Å². The van der Waals surface area contributed by atoms with Crippen LogP contribution >= 0.6 is 0 Å². The Morgan fingerprint density at radius 1 is 0.900 bits per heavy atom. The van der Waals surface area contributed by atoms with Crippen molar-refractivity contribution in [3.63, 3.8) is 0 Å². The Bertz CT molecular complexity index is 506. The predicted octanol–water partition coefficient (Wildman–Crippen LogP) is 2.81. The van der Waals surface area contributed by atoms with E-state index in [1.54, 1.807) is 0 Å². The predicted molar refractivity (Wildman–Crippen MR) is 74.3 cm³/mol. The molecule has 0 atom stereocenters. The van der Waals surface area contributed by atoms with Crippen molar-refractivity contribution >= 4 is 0 Å². The molecule has 0 amide bonds. The van der Waals surface area contributed by atoms with Gasteiger partial charge in [-0.3, -0.25) is 0 Å². The van der Waals surface area contributed by atoms with Crippen LogP contribution < -0.4 is 5.32 Å². The SMILES string of the molecule is CCNCC(O)(c1ccc(F)cc1)c1ccc(F)cc1. The zero-order valence-corrected chi connectivity index (χ0v) is 11.2. The van der Waals surface area contributed by atoms with Crippen molar-refractivity contribution in [3.05, 3.63) is 71.3 Å². The van der Waals surface area contributed by atoms with Crippen molar-refractivity contribution in [2.45, 2.75) is 12.5 Å². The molecule has 2 aromatic rings. The lowest BCUT2D eigenvalue weighted by molar-refractivity contribution is 0.0805. The average molecular weight is 277 g/mol. The first-order chi connectivity index (χ1) is 9.56. The monoisotopic (exact) mass is 277 g/mol. The summed E-state index contributed by atoms with van der Waals surface area (Å²) in [5.41, 5.74) is -0.199. The van der Waals surface area contributed by atoms with E-state index in [0.717, 1.165) is 0 Å². The quantitative estimate of drug-likeness (QED) is 0.881. The molecule has 0 saturated carbocycles. The second kappa shape index (κ2) is 6.11. The van der Waals surface area contributed by atoms with Crippen LogP contribution in [0.3, 0.4) is 0 Å². The van der Waals surface area contributed by atoms with Crippen LogP contribution in [0.1, 0.15) is 18.1 Å². The Balaban J connectivity index is 2.43. The molecular weight excluding hydrogens is 260 g/mol. The number of likely N-dealkylation sites (N-methyl/N-ethyl adjacent to an activating group) is 1. The molecule has 2 rings (SSSR count). The van der Waals surface area contributed by atoms with Gasteiger partial charge in [0.25, 0.3) is 0 Å². The van der Waals surface area contributed by atoms with E-state index in [9.17, 15) is 13.9 Å². The van der Waals surface area contributed by atoms with Gasteiger partial charge in [-0.15, -0.1) is 0 Å². The number of rotatable bonds is 5. The average Bonchev–Trinajstić information content (AvgIpc) is 2.46. The van der Waals surface area contributed by atoms with Crippen LogP contribution in [-0.2, 0) is 5.60 Å². The fourth-order valence-electron chi connectivity index (χ4n) is 2.13. The number of benzene rings is 2. The molecule has 0 aliphatic rings. The molecule has 0 unspecified atom stereocenters. The van der Waals surface area contributed by atoms with E-state index in [1.807, 2.05) is 6.92 Å².